The molecule has 0 bridgehead atoms. The normalized spacial score (nSPS) is 18.1. The SMILES string of the molecule is CCN1CCN(CCc2nc(C)c(CNC)s2)CC1. The molecule has 2 heterocycles. The maximum Gasteiger partial charge on any atom is 0.0944 e. The third-order valence-electron chi connectivity index (χ3n) is 3.83. The van der Waals surface area contributed by atoms with Crippen LogP contribution in [0.25, 0.3) is 0 Å². The van der Waals surface area contributed by atoms with Gasteiger partial charge in [-0.2, -0.15) is 0 Å². The Hall–Kier alpha value is -0.490. The molecule has 1 fully saturated rings. The molecule has 0 aliphatic carbocycles. The summed E-state index contributed by atoms with van der Waals surface area (Å²) in [5, 5.41) is 4.50. The summed E-state index contributed by atoms with van der Waals surface area (Å²) in [6.07, 6.45) is 1.10. The summed E-state index contributed by atoms with van der Waals surface area (Å²) < 4.78 is 0. The number of likely N-dealkylation sites (N-methyl/N-ethyl adjacent to an activating group) is 1. The predicted octanol–water partition coefficient (Wildman–Crippen LogP) is 1.35. The number of hydrogen-bond acceptors (Lipinski definition) is 5. The van der Waals surface area contributed by atoms with Gasteiger partial charge >= 0.3 is 0 Å². The molecule has 1 aliphatic rings. The van der Waals surface area contributed by atoms with Gasteiger partial charge in [0.15, 0.2) is 0 Å². The van der Waals surface area contributed by atoms with E-state index in [4.69, 9.17) is 0 Å². The lowest BCUT2D eigenvalue weighted by Gasteiger charge is -2.33. The van der Waals surface area contributed by atoms with Crippen molar-refractivity contribution in [3.8, 4) is 0 Å². The van der Waals surface area contributed by atoms with Crippen molar-refractivity contribution < 1.29 is 0 Å². The third-order valence-corrected chi connectivity index (χ3v) is 5.05. The lowest BCUT2D eigenvalue weighted by molar-refractivity contribution is 0.138. The zero-order valence-corrected chi connectivity index (χ0v) is 13.2. The number of aryl methyl sites for hydroxylation is 1. The highest BCUT2D eigenvalue weighted by Crippen LogP contribution is 2.18. The Morgan fingerprint density at radius 2 is 1.89 bits per heavy atom. The first-order chi connectivity index (χ1) is 9.22. The Morgan fingerprint density at radius 3 is 2.53 bits per heavy atom. The minimum atomic E-state index is 0.943. The molecule has 0 amide bonds. The van der Waals surface area contributed by atoms with Gasteiger partial charge in [-0.05, 0) is 20.5 Å². The summed E-state index contributed by atoms with van der Waals surface area (Å²) in [6.45, 7) is 12.5. The average Bonchev–Trinajstić information content (AvgIpc) is 2.78. The van der Waals surface area contributed by atoms with Gasteiger partial charge in [0.1, 0.15) is 0 Å². The van der Waals surface area contributed by atoms with E-state index in [9.17, 15) is 0 Å². The molecule has 0 unspecified atom stereocenters. The zero-order valence-electron chi connectivity index (χ0n) is 12.4. The molecule has 0 radical (unpaired) electrons. The molecule has 0 spiro atoms. The molecule has 0 saturated carbocycles. The molecule has 1 aromatic heterocycles. The first-order valence-electron chi connectivity index (χ1n) is 7.27. The van der Waals surface area contributed by atoms with E-state index in [1.807, 2.05) is 18.4 Å². The number of rotatable bonds is 6. The highest BCUT2D eigenvalue weighted by atomic mass is 32.1. The van der Waals surface area contributed by atoms with E-state index in [0.29, 0.717) is 0 Å². The van der Waals surface area contributed by atoms with Gasteiger partial charge in [0, 0.05) is 50.6 Å². The monoisotopic (exact) mass is 282 g/mol. The minimum Gasteiger partial charge on any atom is -0.315 e. The second kappa shape index (κ2) is 7.33. The fraction of sp³-hybridized carbons (Fsp3) is 0.786. The average molecular weight is 282 g/mol. The van der Waals surface area contributed by atoms with Crippen LogP contribution in [-0.2, 0) is 13.0 Å². The van der Waals surface area contributed by atoms with Crippen molar-refractivity contribution in [2.45, 2.75) is 26.8 Å². The fourth-order valence-corrected chi connectivity index (χ4v) is 3.57. The van der Waals surface area contributed by atoms with Crippen LogP contribution < -0.4 is 5.32 Å². The van der Waals surface area contributed by atoms with Crippen LogP contribution in [0.2, 0.25) is 0 Å². The van der Waals surface area contributed by atoms with Crippen molar-refractivity contribution >= 4 is 11.3 Å². The topological polar surface area (TPSA) is 31.4 Å². The Kier molecular flexibility index (Phi) is 5.76. The van der Waals surface area contributed by atoms with E-state index in [1.54, 1.807) is 0 Å². The van der Waals surface area contributed by atoms with E-state index in [-0.39, 0.29) is 0 Å². The van der Waals surface area contributed by atoms with Crippen molar-refractivity contribution in [3.05, 3.63) is 15.6 Å². The Morgan fingerprint density at radius 1 is 1.21 bits per heavy atom. The van der Waals surface area contributed by atoms with Crippen LogP contribution in [0, 0.1) is 6.92 Å². The standard InChI is InChI=1S/C14H26N4S/c1-4-17-7-9-18(10-8-17)6-5-14-16-12(2)13(19-14)11-15-3/h15H,4-11H2,1-3H3. The maximum absolute atomic E-state index is 4.69. The molecule has 4 nitrogen and oxygen atoms in total. The number of aromatic nitrogens is 1. The lowest BCUT2D eigenvalue weighted by Crippen LogP contribution is -2.46. The number of thiazole rings is 1. The number of nitrogens with one attached hydrogen (secondary N) is 1. The van der Waals surface area contributed by atoms with Crippen LogP contribution in [0.5, 0.6) is 0 Å². The summed E-state index contributed by atoms with van der Waals surface area (Å²) in [5.41, 5.74) is 1.20. The van der Waals surface area contributed by atoms with Crippen LogP contribution in [-0.4, -0.2) is 61.1 Å². The zero-order chi connectivity index (χ0) is 13.7. The van der Waals surface area contributed by atoms with Gasteiger partial charge in [0.25, 0.3) is 0 Å². The number of hydrogen-bond donors (Lipinski definition) is 1. The summed E-state index contributed by atoms with van der Waals surface area (Å²) in [5.74, 6) is 0. The van der Waals surface area contributed by atoms with E-state index in [2.05, 4.69) is 33.9 Å². The Balaban J connectivity index is 1.78. The molecule has 1 saturated heterocycles. The highest BCUT2D eigenvalue weighted by Gasteiger charge is 2.15. The van der Waals surface area contributed by atoms with Gasteiger partial charge < -0.3 is 15.1 Å². The summed E-state index contributed by atoms with van der Waals surface area (Å²) in [4.78, 5) is 11.2. The Labute approximate surface area is 120 Å². The van der Waals surface area contributed by atoms with Gasteiger partial charge in [0.2, 0.25) is 0 Å². The molecule has 0 aromatic carbocycles. The minimum absolute atomic E-state index is 0.943. The van der Waals surface area contributed by atoms with Crippen LogP contribution in [0.3, 0.4) is 0 Å². The lowest BCUT2D eigenvalue weighted by atomic mass is 10.3. The van der Waals surface area contributed by atoms with Gasteiger partial charge in [-0.3, -0.25) is 0 Å². The molecule has 19 heavy (non-hydrogen) atoms. The van der Waals surface area contributed by atoms with E-state index < -0.39 is 0 Å². The largest absolute Gasteiger partial charge is 0.315 e. The van der Waals surface area contributed by atoms with Gasteiger partial charge in [-0.15, -0.1) is 11.3 Å². The molecule has 1 aromatic rings. The quantitative estimate of drug-likeness (QED) is 0.853. The first-order valence-corrected chi connectivity index (χ1v) is 8.09. The highest BCUT2D eigenvalue weighted by molar-refractivity contribution is 7.11. The first kappa shape index (κ1) is 14.9. The Bertz CT molecular complexity index is 383. The second-order valence-electron chi connectivity index (χ2n) is 5.17. The van der Waals surface area contributed by atoms with Gasteiger partial charge in [-0.25, -0.2) is 4.98 Å². The van der Waals surface area contributed by atoms with Crippen LogP contribution in [0.15, 0.2) is 0 Å². The molecule has 2 rings (SSSR count). The van der Waals surface area contributed by atoms with Crippen LogP contribution >= 0.6 is 11.3 Å². The summed E-state index contributed by atoms with van der Waals surface area (Å²) in [6, 6.07) is 0. The predicted molar refractivity (Wildman–Crippen MR) is 81.9 cm³/mol. The fourth-order valence-electron chi connectivity index (χ4n) is 2.50. The summed E-state index contributed by atoms with van der Waals surface area (Å²) >= 11 is 1.87. The van der Waals surface area contributed by atoms with Crippen LogP contribution in [0.1, 0.15) is 22.5 Å². The van der Waals surface area contributed by atoms with Crippen molar-refractivity contribution in [1.82, 2.24) is 20.1 Å². The molecule has 5 heteroatoms. The number of piperazine rings is 1. The molecule has 108 valence electrons. The van der Waals surface area contributed by atoms with Crippen molar-refractivity contribution in [3.63, 3.8) is 0 Å². The van der Waals surface area contributed by atoms with Crippen molar-refractivity contribution in [1.29, 1.82) is 0 Å². The van der Waals surface area contributed by atoms with E-state index >= 15 is 0 Å². The summed E-state index contributed by atoms with van der Waals surface area (Å²) in [7, 11) is 1.99. The molecule has 1 aliphatic heterocycles. The third kappa shape index (κ3) is 4.24. The van der Waals surface area contributed by atoms with Gasteiger partial charge in [-0.1, -0.05) is 6.92 Å². The second-order valence-corrected chi connectivity index (χ2v) is 6.34. The number of nitrogens with zero attached hydrogens (tertiary/aromatic N) is 3. The van der Waals surface area contributed by atoms with Crippen molar-refractivity contribution in [2.75, 3.05) is 46.3 Å². The molecule has 0 atom stereocenters. The maximum atomic E-state index is 4.69. The molecular weight excluding hydrogens is 256 g/mol. The van der Waals surface area contributed by atoms with Gasteiger partial charge in [0.05, 0.1) is 10.7 Å². The van der Waals surface area contributed by atoms with Crippen LogP contribution in [0.4, 0.5) is 0 Å². The molecular formula is C14H26N4S. The molecule has 1 N–H and O–H groups in total. The van der Waals surface area contributed by atoms with Crippen molar-refractivity contribution in [2.24, 2.45) is 0 Å². The smallest absolute Gasteiger partial charge is 0.0944 e. The van der Waals surface area contributed by atoms with E-state index in [0.717, 1.165) is 19.5 Å². The van der Waals surface area contributed by atoms with E-state index in [1.165, 1.54) is 48.3 Å².